The van der Waals surface area contributed by atoms with Crippen LogP contribution < -0.4 is 10.1 Å². The van der Waals surface area contributed by atoms with Crippen LogP contribution in [0.2, 0.25) is 0 Å². The third kappa shape index (κ3) is 4.81. The number of carbonyl (C=O) groups is 2. The lowest BCUT2D eigenvalue weighted by atomic mass is 9.98. The molecule has 0 saturated heterocycles. The largest absolute Gasteiger partial charge is 0.497 e. The summed E-state index contributed by atoms with van der Waals surface area (Å²) in [7, 11) is 1.47. The molecule has 6 nitrogen and oxygen atoms in total. The number of aliphatic carboxylic acids is 1. The summed E-state index contributed by atoms with van der Waals surface area (Å²) in [6.45, 7) is 1.85. The normalized spacial score (nSPS) is 11.6. The van der Waals surface area contributed by atoms with E-state index >= 15 is 0 Å². The molecule has 30 heavy (non-hydrogen) atoms. The number of pyridine rings is 1. The first kappa shape index (κ1) is 21.0. The number of carbonyl (C=O) groups excluding carboxylic acids is 1. The zero-order chi connectivity index (χ0) is 21.7. The summed E-state index contributed by atoms with van der Waals surface area (Å²) in [4.78, 5) is 28.4. The fourth-order valence-electron chi connectivity index (χ4n) is 3.16. The van der Waals surface area contributed by atoms with Crippen LogP contribution in [0.25, 0.3) is 11.3 Å². The predicted octanol–water partition coefficient (Wildman–Crippen LogP) is 4.15. The molecule has 0 radical (unpaired) electrons. The van der Waals surface area contributed by atoms with Gasteiger partial charge in [-0.05, 0) is 48.4 Å². The molecule has 0 spiro atoms. The number of carboxylic acids is 1. The van der Waals surface area contributed by atoms with Crippen LogP contribution in [0, 0.1) is 12.7 Å². The minimum atomic E-state index is -1.04. The second-order valence-electron chi connectivity index (χ2n) is 6.73. The molecule has 1 atom stereocenters. The first-order chi connectivity index (χ1) is 14.4. The Bertz CT molecular complexity index is 1080. The SMILES string of the molecule is COc1ccc(F)c(-c2cccc(C(=O)NC(CC(=O)O)c3ccccc3C)n2)c1. The van der Waals surface area contributed by atoms with Crippen LogP contribution in [0.15, 0.2) is 60.7 Å². The lowest BCUT2D eigenvalue weighted by Crippen LogP contribution is -2.31. The van der Waals surface area contributed by atoms with Gasteiger partial charge >= 0.3 is 5.97 Å². The zero-order valence-corrected chi connectivity index (χ0v) is 16.6. The molecule has 1 unspecified atom stereocenters. The predicted molar refractivity (Wildman–Crippen MR) is 110 cm³/mol. The molecule has 7 heteroatoms. The van der Waals surface area contributed by atoms with Crippen LogP contribution in [0.1, 0.15) is 34.1 Å². The number of hydrogen-bond donors (Lipinski definition) is 2. The van der Waals surface area contributed by atoms with Gasteiger partial charge in [0.05, 0.1) is 25.3 Å². The monoisotopic (exact) mass is 408 g/mol. The minimum Gasteiger partial charge on any atom is -0.497 e. The lowest BCUT2D eigenvalue weighted by molar-refractivity contribution is -0.137. The summed E-state index contributed by atoms with van der Waals surface area (Å²) in [5, 5.41) is 12.0. The quantitative estimate of drug-likeness (QED) is 0.613. The number of nitrogens with one attached hydrogen (secondary N) is 1. The Labute approximate surface area is 173 Å². The molecule has 1 heterocycles. The summed E-state index contributed by atoms with van der Waals surface area (Å²) < 4.78 is 19.4. The van der Waals surface area contributed by atoms with Gasteiger partial charge in [-0.25, -0.2) is 9.37 Å². The van der Waals surface area contributed by atoms with E-state index in [1.165, 1.54) is 31.4 Å². The molecule has 2 N–H and O–H groups in total. The second kappa shape index (κ2) is 9.17. The molecule has 154 valence electrons. The van der Waals surface area contributed by atoms with Gasteiger partial charge in [0.2, 0.25) is 0 Å². The number of benzene rings is 2. The number of rotatable bonds is 7. The smallest absolute Gasteiger partial charge is 0.305 e. The van der Waals surface area contributed by atoms with E-state index in [1.807, 2.05) is 19.1 Å². The van der Waals surface area contributed by atoms with E-state index in [0.717, 1.165) is 5.56 Å². The molecule has 1 aromatic heterocycles. The molecule has 1 amide bonds. The number of carboxylic acid groups (broad SMARTS) is 1. The van der Waals surface area contributed by atoms with Crippen molar-refractivity contribution in [1.29, 1.82) is 0 Å². The third-order valence-corrected chi connectivity index (χ3v) is 4.68. The van der Waals surface area contributed by atoms with Crippen LogP contribution in [-0.2, 0) is 4.79 Å². The number of aromatic nitrogens is 1. The highest BCUT2D eigenvalue weighted by molar-refractivity contribution is 5.93. The maximum absolute atomic E-state index is 14.3. The maximum Gasteiger partial charge on any atom is 0.305 e. The highest BCUT2D eigenvalue weighted by atomic mass is 19.1. The summed E-state index contributed by atoms with van der Waals surface area (Å²) in [5.74, 6) is -1.62. The van der Waals surface area contributed by atoms with Crippen molar-refractivity contribution in [2.24, 2.45) is 0 Å². The Morgan fingerprint density at radius 1 is 1.13 bits per heavy atom. The first-order valence-corrected chi connectivity index (χ1v) is 9.28. The molecular formula is C23H21FN2O4. The number of methoxy groups -OCH3 is 1. The second-order valence-corrected chi connectivity index (χ2v) is 6.73. The summed E-state index contributed by atoms with van der Waals surface area (Å²) in [6.07, 6.45) is -0.277. The topological polar surface area (TPSA) is 88.5 Å². The fraction of sp³-hybridized carbons (Fsp3) is 0.174. The molecule has 3 rings (SSSR count). The number of amides is 1. The Morgan fingerprint density at radius 2 is 1.90 bits per heavy atom. The molecule has 0 fully saturated rings. The van der Waals surface area contributed by atoms with Gasteiger partial charge in [-0.2, -0.15) is 0 Å². The van der Waals surface area contributed by atoms with E-state index in [1.54, 1.807) is 24.3 Å². The first-order valence-electron chi connectivity index (χ1n) is 9.28. The van der Waals surface area contributed by atoms with Crippen LogP contribution in [-0.4, -0.2) is 29.1 Å². The van der Waals surface area contributed by atoms with Crippen molar-refractivity contribution >= 4 is 11.9 Å². The summed E-state index contributed by atoms with van der Waals surface area (Å²) in [6, 6.07) is 15.5. The van der Waals surface area contributed by atoms with Crippen molar-refractivity contribution in [3.63, 3.8) is 0 Å². The van der Waals surface area contributed by atoms with Gasteiger partial charge in [-0.15, -0.1) is 0 Å². The van der Waals surface area contributed by atoms with Crippen LogP contribution in [0.3, 0.4) is 0 Å². The van der Waals surface area contributed by atoms with Gasteiger partial charge in [-0.1, -0.05) is 30.3 Å². The van der Waals surface area contributed by atoms with Crippen molar-refractivity contribution in [3.05, 3.63) is 83.3 Å². The molecule has 0 bridgehead atoms. The van der Waals surface area contributed by atoms with E-state index in [4.69, 9.17) is 4.74 Å². The molecular weight excluding hydrogens is 387 g/mol. The van der Waals surface area contributed by atoms with Gasteiger partial charge in [0, 0.05) is 5.56 Å². The molecule has 2 aromatic carbocycles. The third-order valence-electron chi connectivity index (χ3n) is 4.68. The fourth-order valence-corrected chi connectivity index (χ4v) is 3.16. The van der Waals surface area contributed by atoms with Gasteiger partial charge in [0.25, 0.3) is 5.91 Å². The molecule has 0 aliphatic heterocycles. The van der Waals surface area contributed by atoms with Crippen molar-refractivity contribution in [2.45, 2.75) is 19.4 Å². The van der Waals surface area contributed by atoms with Gasteiger partial charge in [0.15, 0.2) is 0 Å². The summed E-state index contributed by atoms with van der Waals surface area (Å²) in [5.41, 5.74) is 2.10. The van der Waals surface area contributed by atoms with E-state index in [-0.39, 0.29) is 23.4 Å². The number of aryl methyl sites for hydroxylation is 1. The van der Waals surface area contributed by atoms with E-state index in [9.17, 15) is 19.1 Å². The van der Waals surface area contributed by atoms with Crippen molar-refractivity contribution in [2.75, 3.05) is 7.11 Å². The number of ether oxygens (including phenoxy) is 1. The standard InChI is InChI=1S/C23H21FN2O4/c1-14-6-3-4-7-16(14)21(13-22(27)28)26-23(29)20-9-5-8-19(25-20)17-12-15(30-2)10-11-18(17)24/h3-12,21H,13H2,1-2H3,(H,26,29)(H,27,28). The minimum absolute atomic E-state index is 0.0543. The summed E-state index contributed by atoms with van der Waals surface area (Å²) >= 11 is 0. The number of nitrogens with zero attached hydrogens (tertiary/aromatic N) is 1. The maximum atomic E-state index is 14.3. The Morgan fingerprint density at radius 3 is 2.60 bits per heavy atom. The van der Waals surface area contributed by atoms with E-state index < -0.39 is 23.7 Å². The van der Waals surface area contributed by atoms with E-state index in [0.29, 0.717) is 11.3 Å². The highest BCUT2D eigenvalue weighted by Gasteiger charge is 2.21. The number of hydrogen-bond acceptors (Lipinski definition) is 4. The van der Waals surface area contributed by atoms with E-state index in [2.05, 4.69) is 10.3 Å². The van der Waals surface area contributed by atoms with Gasteiger partial charge < -0.3 is 15.2 Å². The lowest BCUT2D eigenvalue weighted by Gasteiger charge is -2.19. The Hall–Kier alpha value is -3.74. The van der Waals surface area contributed by atoms with Crippen LogP contribution >= 0.6 is 0 Å². The Kier molecular flexibility index (Phi) is 6.41. The average Bonchev–Trinajstić information content (AvgIpc) is 2.73. The molecule has 0 saturated carbocycles. The zero-order valence-electron chi connectivity index (χ0n) is 16.6. The van der Waals surface area contributed by atoms with Crippen molar-refractivity contribution < 1.29 is 23.8 Å². The molecule has 0 aliphatic carbocycles. The van der Waals surface area contributed by atoms with Crippen molar-refractivity contribution in [3.8, 4) is 17.0 Å². The molecule has 0 aliphatic rings. The molecule has 3 aromatic rings. The Balaban J connectivity index is 1.90. The average molecular weight is 408 g/mol. The highest BCUT2D eigenvalue weighted by Crippen LogP contribution is 2.26. The van der Waals surface area contributed by atoms with Crippen molar-refractivity contribution in [1.82, 2.24) is 10.3 Å². The van der Waals surface area contributed by atoms with Crippen LogP contribution in [0.5, 0.6) is 5.75 Å². The van der Waals surface area contributed by atoms with Gasteiger partial charge in [-0.3, -0.25) is 9.59 Å². The number of halogens is 1. The van der Waals surface area contributed by atoms with Crippen LogP contribution in [0.4, 0.5) is 4.39 Å². The van der Waals surface area contributed by atoms with Gasteiger partial charge in [0.1, 0.15) is 17.3 Å².